The van der Waals surface area contributed by atoms with Crippen LogP contribution in [0.1, 0.15) is 5.56 Å². The molecule has 0 radical (unpaired) electrons. The average molecular weight is 579 g/mol. The van der Waals surface area contributed by atoms with Crippen LogP contribution in [0.5, 0.6) is 11.5 Å². The second-order valence-electron chi connectivity index (χ2n) is 6.89. The lowest BCUT2D eigenvalue weighted by atomic mass is 10.2. The first-order chi connectivity index (χ1) is 16.0. The molecule has 1 fully saturated rings. The summed E-state index contributed by atoms with van der Waals surface area (Å²) in [6.45, 7) is 2.59. The van der Waals surface area contributed by atoms with Crippen LogP contribution in [0.2, 0.25) is 0 Å². The lowest BCUT2D eigenvalue weighted by molar-refractivity contribution is 0.122. The number of hydrazone groups is 1. The minimum Gasteiger partial charge on any atom is -0.503 e. The van der Waals surface area contributed by atoms with Crippen LogP contribution in [-0.2, 0) is 4.74 Å². The lowest BCUT2D eigenvalue weighted by Gasteiger charge is -2.27. The summed E-state index contributed by atoms with van der Waals surface area (Å²) in [7, 11) is 1.48. The Morgan fingerprint density at radius 1 is 1.09 bits per heavy atom. The van der Waals surface area contributed by atoms with Crippen LogP contribution in [-0.4, -0.2) is 59.7 Å². The molecule has 0 atom stereocenters. The summed E-state index contributed by atoms with van der Waals surface area (Å²) in [6.07, 6.45) is 1.57. The van der Waals surface area contributed by atoms with Gasteiger partial charge in [0.1, 0.15) is 0 Å². The second-order valence-corrected chi connectivity index (χ2v) is 8.47. The number of phenolic OH excluding ortho intramolecular Hbond substituents is 1. The van der Waals surface area contributed by atoms with Gasteiger partial charge in [0.05, 0.1) is 31.0 Å². The van der Waals surface area contributed by atoms with Crippen LogP contribution < -0.4 is 20.4 Å². The number of halogens is 2. The Kier molecular flexibility index (Phi) is 7.57. The molecule has 2 aromatic carbocycles. The Hall–Kier alpha value is -2.96. The molecular formula is C21H21Br2N7O3. The Labute approximate surface area is 207 Å². The van der Waals surface area contributed by atoms with Crippen molar-refractivity contribution in [3.63, 3.8) is 0 Å². The fourth-order valence-electron chi connectivity index (χ4n) is 3.05. The zero-order valence-corrected chi connectivity index (χ0v) is 20.8. The largest absolute Gasteiger partial charge is 0.503 e. The van der Waals surface area contributed by atoms with Crippen molar-refractivity contribution in [1.29, 1.82) is 0 Å². The van der Waals surface area contributed by atoms with Crippen LogP contribution in [0.4, 0.5) is 23.5 Å². The zero-order valence-electron chi connectivity index (χ0n) is 17.6. The van der Waals surface area contributed by atoms with Gasteiger partial charge in [0.25, 0.3) is 0 Å². The first-order valence-corrected chi connectivity index (χ1v) is 11.6. The van der Waals surface area contributed by atoms with Crippen molar-refractivity contribution < 1.29 is 14.6 Å². The molecule has 0 saturated carbocycles. The van der Waals surface area contributed by atoms with Gasteiger partial charge in [0.2, 0.25) is 17.8 Å². The van der Waals surface area contributed by atoms with Gasteiger partial charge in [-0.3, -0.25) is 0 Å². The summed E-state index contributed by atoms with van der Waals surface area (Å²) in [6, 6.07) is 11.3. The summed E-state index contributed by atoms with van der Waals surface area (Å²) in [4.78, 5) is 15.6. The van der Waals surface area contributed by atoms with E-state index in [9.17, 15) is 5.11 Å². The maximum atomic E-state index is 10.1. The summed E-state index contributed by atoms with van der Waals surface area (Å²) < 4.78 is 11.7. The number of anilines is 4. The molecule has 0 spiro atoms. The third kappa shape index (κ3) is 5.70. The molecule has 1 aromatic heterocycles. The van der Waals surface area contributed by atoms with E-state index in [4.69, 9.17) is 9.47 Å². The summed E-state index contributed by atoms with van der Waals surface area (Å²) in [5.41, 5.74) is 4.40. The molecule has 12 heteroatoms. The zero-order chi connectivity index (χ0) is 23.2. The van der Waals surface area contributed by atoms with Crippen LogP contribution in [0.3, 0.4) is 0 Å². The number of hydrogen-bond donors (Lipinski definition) is 3. The number of para-hydroxylation sites is 1. The smallest absolute Gasteiger partial charge is 0.250 e. The first kappa shape index (κ1) is 23.2. The molecule has 4 rings (SSSR count). The third-order valence-corrected chi connectivity index (χ3v) is 6.87. The van der Waals surface area contributed by atoms with Crippen LogP contribution in [0.25, 0.3) is 0 Å². The standard InChI is InChI=1S/C21H21Br2N7O3/c1-32-15-11-13(16(22)17(23)18(15)31)12-24-29-20-26-19(25-14-5-3-2-4-6-14)27-21(28-20)30-7-9-33-10-8-30/h2-6,11-12,31H,7-10H2,1H3,(H2,25,26,27,28,29). The molecule has 1 aliphatic heterocycles. The highest BCUT2D eigenvalue weighted by Crippen LogP contribution is 2.41. The SMILES string of the molecule is COc1cc(C=NNc2nc(Nc3ccccc3)nc(N3CCOCC3)n2)c(Br)c(Br)c1O. The number of nitrogens with one attached hydrogen (secondary N) is 2. The number of aromatic nitrogens is 3. The van der Waals surface area contributed by atoms with Gasteiger partial charge in [-0.05, 0) is 50.1 Å². The number of aromatic hydroxyl groups is 1. The van der Waals surface area contributed by atoms with E-state index >= 15 is 0 Å². The van der Waals surface area contributed by atoms with Gasteiger partial charge < -0.3 is 24.8 Å². The molecule has 1 saturated heterocycles. The number of rotatable bonds is 7. The average Bonchev–Trinajstić information content (AvgIpc) is 2.85. The number of phenols is 1. The molecule has 2 heterocycles. The third-order valence-electron chi connectivity index (χ3n) is 4.71. The normalized spacial score (nSPS) is 13.8. The molecule has 33 heavy (non-hydrogen) atoms. The topological polar surface area (TPSA) is 117 Å². The van der Waals surface area contributed by atoms with Crippen LogP contribution in [0, 0.1) is 0 Å². The van der Waals surface area contributed by atoms with E-state index in [0.29, 0.717) is 58.5 Å². The summed E-state index contributed by atoms with van der Waals surface area (Å²) in [5, 5.41) is 17.6. The van der Waals surface area contributed by atoms with Crippen molar-refractivity contribution in [2.75, 3.05) is 49.1 Å². The minimum absolute atomic E-state index is 0.00117. The quantitative estimate of drug-likeness (QED) is 0.281. The summed E-state index contributed by atoms with van der Waals surface area (Å²) in [5.74, 6) is 1.52. The van der Waals surface area contributed by atoms with Gasteiger partial charge in [-0.15, -0.1) is 0 Å². The van der Waals surface area contributed by atoms with Gasteiger partial charge in [-0.1, -0.05) is 18.2 Å². The van der Waals surface area contributed by atoms with Gasteiger partial charge >= 0.3 is 0 Å². The fraction of sp³-hybridized carbons (Fsp3) is 0.238. The Bertz CT molecular complexity index is 1140. The van der Waals surface area contributed by atoms with E-state index in [0.717, 1.165) is 5.69 Å². The van der Waals surface area contributed by atoms with E-state index in [2.05, 4.69) is 62.7 Å². The summed E-state index contributed by atoms with van der Waals surface area (Å²) >= 11 is 6.78. The number of methoxy groups -OCH3 is 1. The van der Waals surface area contributed by atoms with Crippen molar-refractivity contribution >= 4 is 61.6 Å². The Balaban J connectivity index is 1.60. The molecule has 10 nitrogen and oxygen atoms in total. The highest BCUT2D eigenvalue weighted by Gasteiger charge is 2.17. The predicted molar refractivity (Wildman–Crippen MR) is 134 cm³/mol. The van der Waals surface area contributed by atoms with E-state index in [1.165, 1.54) is 7.11 Å². The molecular weight excluding hydrogens is 558 g/mol. The van der Waals surface area contributed by atoms with Gasteiger partial charge in [0, 0.05) is 28.8 Å². The molecule has 3 N–H and O–H groups in total. The lowest BCUT2D eigenvalue weighted by Crippen LogP contribution is -2.37. The molecule has 0 aliphatic carbocycles. The van der Waals surface area contributed by atoms with Crippen molar-refractivity contribution in [2.24, 2.45) is 5.10 Å². The van der Waals surface area contributed by atoms with Gasteiger partial charge in [-0.2, -0.15) is 20.1 Å². The van der Waals surface area contributed by atoms with Gasteiger partial charge in [-0.25, -0.2) is 5.43 Å². The number of nitrogens with zero attached hydrogens (tertiary/aromatic N) is 5. The molecule has 0 unspecified atom stereocenters. The van der Waals surface area contributed by atoms with Crippen molar-refractivity contribution in [3.8, 4) is 11.5 Å². The van der Waals surface area contributed by atoms with Crippen molar-refractivity contribution in [2.45, 2.75) is 0 Å². The maximum absolute atomic E-state index is 10.1. The Morgan fingerprint density at radius 2 is 1.82 bits per heavy atom. The molecule has 0 bridgehead atoms. The van der Waals surface area contributed by atoms with Crippen molar-refractivity contribution in [1.82, 2.24) is 15.0 Å². The highest BCUT2D eigenvalue weighted by atomic mass is 79.9. The predicted octanol–water partition coefficient (Wildman–Crippen LogP) is 4.14. The van der Waals surface area contributed by atoms with Crippen molar-refractivity contribution in [3.05, 3.63) is 50.9 Å². The second kappa shape index (κ2) is 10.8. The number of morpholine rings is 1. The molecule has 0 amide bonds. The monoisotopic (exact) mass is 577 g/mol. The van der Waals surface area contributed by atoms with Crippen LogP contribution in [0.15, 0.2) is 50.4 Å². The number of benzene rings is 2. The molecule has 1 aliphatic rings. The van der Waals surface area contributed by atoms with E-state index in [1.807, 2.05) is 35.2 Å². The first-order valence-electron chi connectivity index (χ1n) is 10.00. The number of ether oxygens (including phenoxy) is 2. The maximum Gasteiger partial charge on any atom is 0.250 e. The highest BCUT2D eigenvalue weighted by molar-refractivity contribution is 9.13. The fourth-order valence-corrected chi connectivity index (χ4v) is 3.88. The van der Waals surface area contributed by atoms with E-state index in [1.54, 1.807) is 12.3 Å². The number of hydrogen-bond acceptors (Lipinski definition) is 10. The molecule has 3 aromatic rings. The van der Waals surface area contributed by atoms with E-state index < -0.39 is 0 Å². The van der Waals surface area contributed by atoms with Crippen LogP contribution >= 0.6 is 31.9 Å². The molecule has 172 valence electrons. The van der Waals surface area contributed by atoms with Gasteiger partial charge in [0.15, 0.2) is 11.5 Å². The Morgan fingerprint density at radius 3 is 2.55 bits per heavy atom. The van der Waals surface area contributed by atoms with E-state index in [-0.39, 0.29) is 11.7 Å². The minimum atomic E-state index is -0.00117.